The minimum atomic E-state index is 0.485. The minimum absolute atomic E-state index is 0.485. The Kier molecular flexibility index (Phi) is 4.08. The van der Waals surface area contributed by atoms with Gasteiger partial charge in [-0.25, -0.2) is 0 Å². The maximum atomic E-state index is 5.84. The molecular formula is C12H22BrNO. The second-order valence-corrected chi connectivity index (χ2v) is 6.60. The molecule has 2 rings (SSSR count). The summed E-state index contributed by atoms with van der Waals surface area (Å²) in [5.41, 5.74) is 0. The van der Waals surface area contributed by atoms with Crippen LogP contribution < -0.4 is 0 Å². The average Bonchev–Trinajstić information content (AvgIpc) is 2.48. The van der Waals surface area contributed by atoms with Crippen molar-refractivity contribution in [1.82, 2.24) is 4.90 Å². The standard InChI is InChI=1S/C12H22BrNO/c1-9-3-4-12(15-9)8-14(2)7-10-5-11(13)6-10/h9-12H,3-8H2,1-2H3. The van der Waals surface area contributed by atoms with E-state index in [-0.39, 0.29) is 0 Å². The fraction of sp³-hybridized carbons (Fsp3) is 1.00. The van der Waals surface area contributed by atoms with Crippen LogP contribution in [0.4, 0.5) is 0 Å². The lowest BCUT2D eigenvalue weighted by atomic mass is 9.85. The third-order valence-electron chi connectivity index (χ3n) is 3.58. The number of ether oxygens (including phenoxy) is 1. The van der Waals surface area contributed by atoms with Crippen LogP contribution in [0.2, 0.25) is 0 Å². The number of rotatable bonds is 4. The Balaban J connectivity index is 1.62. The van der Waals surface area contributed by atoms with Gasteiger partial charge < -0.3 is 9.64 Å². The van der Waals surface area contributed by atoms with Crippen LogP contribution in [-0.4, -0.2) is 42.1 Å². The lowest BCUT2D eigenvalue weighted by Crippen LogP contribution is -2.38. The fourth-order valence-corrected chi connectivity index (χ4v) is 3.74. The number of hydrogen-bond donors (Lipinski definition) is 0. The van der Waals surface area contributed by atoms with E-state index in [0.717, 1.165) is 17.3 Å². The maximum Gasteiger partial charge on any atom is 0.0706 e. The summed E-state index contributed by atoms with van der Waals surface area (Å²) in [5.74, 6) is 0.915. The molecule has 2 unspecified atom stereocenters. The van der Waals surface area contributed by atoms with Crippen LogP contribution >= 0.6 is 15.9 Å². The van der Waals surface area contributed by atoms with Crippen LogP contribution in [0.25, 0.3) is 0 Å². The minimum Gasteiger partial charge on any atom is -0.374 e. The van der Waals surface area contributed by atoms with Crippen LogP contribution in [0.3, 0.4) is 0 Å². The summed E-state index contributed by atoms with van der Waals surface area (Å²) in [6.45, 7) is 4.55. The quantitative estimate of drug-likeness (QED) is 0.732. The first-order valence-corrected chi connectivity index (χ1v) is 7.03. The van der Waals surface area contributed by atoms with Gasteiger partial charge in [-0.3, -0.25) is 0 Å². The molecule has 0 aromatic rings. The molecule has 1 saturated carbocycles. The van der Waals surface area contributed by atoms with Gasteiger partial charge in [-0.2, -0.15) is 0 Å². The molecule has 2 aliphatic rings. The number of alkyl halides is 1. The fourth-order valence-electron chi connectivity index (χ4n) is 2.69. The molecule has 2 fully saturated rings. The zero-order chi connectivity index (χ0) is 10.8. The Hall–Kier alpha value is 0.400. The number of hydrogen-bond acceptors (Lipinski definition) is 2. The molecule has 1 aliphatic carbocycles. The molecule has 15 heavy (non-hydrogen) atoms. The second kappa shape index (κ2) is 5.15. The van der Waals surface area contributed by atoms with Crippen molar-refractivity contribution in [2.75, 3.05) is 20.1 Å². The first-order valence-electron chi connectivity index (χ1n) is 6.11. The summed E-state index contributed by atoms with van der Waals surface area (Å²) >= 11 is 3.64. The Labute approximate surface area is 101 Å². The summed E-state index contributed by atoms with van der Waals surface area (Å²) in [7, 11) is 2.23. The first kappa shape index (κ1) is 11.9. The average molecular weight is 276 g/mol. The highest BCUT2D eigenvalue weighted by molar-refractivity contribution is 9.09. The number of likely N-dealkylation sites (N-methyl/N-ethyl adjacent to an activating group) is 1. The van der Waals surface area contributed by atoms with Gasteiger partial charge in [0.25, 0.3) is 0 Å². The SMILES string of the molecule is CC1CCC(CN(C)CC2CC(Br)C2)O1. The van der Waals surface area contributed by atoms with Crippen LogP contribution in [0, 0.1) is 5.92 Å². The van der Waals surface area contributed by atoms with Crippen molar-refractivity contribution in [2.24, 2.45) is 5.92 Å². The van der Waals surface area contributed by atoms with Crippen molar-refractivity contribution in [3.63, 3.8) is 0 Å². The highest BCUT2D eigenvalue weighted by Gasteiger charge is 2.29. The molecule has 0 aromatic heterocycles. The molecule has 0 N–H and O–H groups in total. The topological polar surface area (TPSA) is 12.5 Å². The van der Waals surface area contributed by atoms with Gasteiger partial charge in [0.15, 0.2) is 0 Å². The molecule has 0 bridgehead atoms. The van der Waals surface area contributed by atoms with Crippen molar-refractivity contribution in [3.05, 3.63) is 0 Å². The van der Waals surface area contributed by atoms with Gasteiger partial charge in [0.1, 0.15) is 0 Å². The third-order valence-corrected chi connectivity index (χ3v) is 4.33. The van der Waals surface area contributed by atoms with E-state index < -0.39 is 0 Å². The Bertz CT molecular complexity index is 206. The van der Waals surface area contributed by atoms with Crippen molar-refractivity contribution in [3.8, 4) is 0 Å². The monoisotopic (exact) mass is 275 g/mol. The van der Waals surface area contributed by atoms with E-state index in [4.69, 9.17) is 4.74 Å². The molecule has 0 radical (unpaired) electrons. The van der Waals surface area contributed by atoms with Gasteiger partial charge in [0, 0.05) is 17.9 Å². The van der Waals surface area contributed by atoms with E-state index in [9.17, 15) is 0 Å². The third kappa shape index (κ3) is 3.43. The van der Waals surface area contributed by atoms with E-state index in [1.54, 1.807) is 0 Å². The lowest BCUT2D eigenvalue weighted by Gasteiger charge is -2.35. The molecule has 1 heterocycles. The van der Waals surface area contributed by atoms with Crippen molar-refractivity contribution in [1.29, 1.82) is 0 Å². The van der Waals surface area contributed by atoms with Gasteiger partial charge in [-0.1, -0.05) is 15.9 Å². The predicted octanol–water partition coefficient (Wildman–Crippen LogP) is 2.66. The highest BCUT2D eigenvalue weighted by Crippen LogP contribution is 2.33. The van der Waals surface area contributed by atoms with E-state index in [1.807, 2.05) is 0 Å². The number of halogens is 1. The predicted molar refractivity (Wildman–Crippen MR) is 66.5 cm³/mol. The Morgan fingerprint density at radius 3 is 2.53 bits per heavy atom. The van der Waals surface area contributed by atoms with E-state index in [0.29, 0.717) is 12.2 Å². The molecule has 0 spiro atoms. The smallest absolute Gasteiger partial charge is 0.0706 e. The molecular weight excluding hydrogens is 254 g/mol. The first-order chi connectivity index (χ1) is 7.13. The zero-order valence-corrected chi connectivity index (χ0v) is 11.4. The molecule has 1 aliphatic heterocycles. The normalized spacial score (nSPS) is 40.8. The van der Waals surface area contributed by atoms with E-state index >= 15 is 0 Å². The largest absolute Gasteiger partial charge is 0.374 e. The van der Waals surface area contributed by atoms with Crippen LogP contribution in [0.1, 0.15) is 32.6 Å². The molecule has 0 aromatic carbocycles. The van der Waals surface area contributed by atoms with Gasteiger partial charge in [0.2, 0.25) is 0 Å². The molecule has 2 nitrogen and oxygen atoms in total. The molecule has 3 heteroatoms. The van der Waals surface area contributed by atoms with E-state index in [1.165, 1.54) is 32.2 Å². The van der Waals surface area contributed by atoms with Crippen molar-refractivity contribution in [2.45, 2.75) is 49.6 Å². The molecule has 0 amide bonds. The van der Waals surface area contributed by atoms with E-state index in [2.05, 4.69) is 34.8 Å². The summed E-state index contributed by atoms with van der Waals surface area (Å²) in [6, 6.07) is 0. The van der Waals surface area contributed by atoms with Crippen LogP contribution in [-0.2, 0) is 4.74 Å². The summed E-state index contributed by atoms with van der Waals surface area (Å²) in [4.78, 5) is 3.24. The van der Waals surface area contributed by atoms with Gasteiger partial charge in [-0.05, 0) is 45.6 Å². The summed E-state index contributed by atoms with van der Waals surface area (Å²) in [5, 5.41) is 0. The van der Waals surface area contributed by atoms with Gasteiger partial charge in [-0.15, -0.1) is 0 Å². The van der Waals surface area contributed by atoms with Crippen LogP contribution in [0.15, 0.2) is 0 Å². The lowest BCUT2D eigenvalue weighted by molar-refractivity contribution is 0.0316. The molecule has 88 valence electrons. The van der Waals surface area contributed by atoms with Gasteiger partial charge in [0.05, 0.1) is 12.2 Å². The molecule has 2 atom stereocenters. The van der Waals surface area contributed by atoms with Gasteiger partial charge >= 0.3 is 0 Å². The Morgan fingerprint density at radius 1 is 1.27 bits per heavy atom. The van der Waals surface area contributed by atoms with Crippen molar-refractivity contribution >= 4 is 15.9 Å². The van der Waals surface area contributed by atoms with Crippen molar-refractivity contribution < 1.29 is 4.74 Å². The highest BCUT2D eigenvalue weighted by atomic mass is 79.9. The Morgan fingerprint density at radius 2 is 2.00 bits per heavy atom. The number of nitrogens with zero attached hydrogens (tertiary/aromatic N) is 1. The zero-order valence-electron chi connectivity index (χ0n) is 9.79. The summed E-state index contributed by atoms with van der Waals surface area (Å²) < 4.78 is 5.84. The molecule has 1 saturated heterocycles. The van der Waals surface area contributed by atoms with Crippen LogP contribution in [0.5, 0.6) is 0 Å². The maximum absolute atomic E-state index is 5.84. The summed E-state index contributed by atoms with van der Waals surface area (Å²) in [6.07, 6.45) is 6.17. The second-order valence-electron chi connectivity index (χ2n) is 5.30.